The molecular formula is C24H38N2O4. The molecule has 2 saturated carbocycles. The van der Waals surface area contributed by atoms with Crippen molar-refractivity contribution in [3.8, 4) is 0 Å². The predicted octanol–water partition coefficient (Wildman–Crippen LogP) is 5.00. The quantitative estimate of drug-likeness (QED) is 0.393. The Bertz CT molecular complexity index is 739. The van der Waals surface area contributed by atoms with Gasteiger partial charge in [0.1, 0.15) is 23.3 Å². The highest BCUT2D eigenvalue weighted by Gasteiger charge is 2.42. The van der Waals surface area contributed by atoms with Gasteiger partial charge in [-0.2, -0.15) is 0 Å². The van der Waals surface area contributed by atoms with E-state index in [1.54, 1.807) is 0 Å². The van der Waals surface area contributed by atoms with E-state index in [1.165, 1.54) is 24.8 Å². The Balaban J connectivity index is 1.76. The molecule has 3 rings (SSSR count). The van der Waals surface area contributed by atoms with Gasteiger partial charge in [-0.15, -0.1) is 0 Å². The molecule has 0 radical (unpaired) electrons. The minimum atomic E-state index is -0.533. The van der Waals surface area contributed by atoms with E-state index in [4.69, 9.17) is 9.26 Å². The zero-order chi connectivity index (χ0) is 22.1. The van der Waals surface area contributed by atoms with Crippen molar-refractivity contribution in [1.29, 1.82) is 0 Å². The summed E-state index contributed by atoms with van der Waals surface area (Å²) in [5.41, 5.74) is 1.53. The second-order valence-electron chi connectivity index (χ2n) is 10.7. The van der Waals surface area contributed by atoms with Gasteiger partial charge in [-0.05, 0) is 77.7 Å². The van der Waals surface area contributed by atoms with E-state index in [2.05, 4.69) is 19.0 Å². The van der Waals surface area contributed by atoms with Gasteiger partial charge < -0.3 is 14.1 Å². The molecule has 6 heteroatoms. The monoisotopic (exact) mass is 418 g/mol. The number of aromatic nitrogens is 1. The SMILES string of the molecule is CC(C)CC1CC(c2onc(C(CC=O)N(C)CC(=O)OC(C)(C)C)c2C2CC2)C1. The van der Waals surface area contributed by atoms with E-state index in [9.17, 15) is 9.59 Å². The van der Waals surface area contributed by atoms with Crippen LogP contribution >= 0.6 is 0 Å². The van der Waals surface area contributed by atoms with Crippen molar-refractivity contribution in [2.24, 2.45) is 11.8 Å². The van der Waals surface area contributed by atoms with Crippen LogP contribution in [-0.2, 0) is 14.3 Å². The molecule has 0 amide bonds. The molecule has 0 saturated heterocycles. The van der Waals surface area contributed by atoms with Crippen LogP contribution in [0.1, 0.15) is 108 Å². The predicted molar refractivity (Wildman–Crippen MR) is 115 cm³/mol. The third-order valence-corrected chi connectivity index (χ3v) is 6.15. The summed E-state index contributed by atoms with van der Waals surface area (Å²) in [6.45, 7) is 10.2. The summed E-state index contributed by atoms with van der Waals surface area (Å²) in [6.07, 6.45) is 7.08. The first-order valence-electron chi connectivity index (χ1n) is 11.4. The largest absolute Gasteiger partial charge is 0.459 e. The molecule has 168 valence electrons. The number of carbonyl (C=O) groups excluding carboxylic acids is 2. The van der Waals surface area contributed by atoms with Crippen molar-refractivity contribution in [3.05, 3.63) is 17.0 Å². The number of hydrogen-bond acceptors (Lipinski definition) is 6. The molecule has 0 N–H and O–H groups in total. The van der Waals surface area contributed by atoms with Crippen molar-refractivity contribution in [2.75, 3.05) is 13.6 Å². The van der Waals surface area contributed by atoms with Crippen LogP contribution < -0.4 is 0 Å². The fourth-order valence-electron chi connectivity index (χ4n) is 4.73. The number of carbonyl (C=O) groups is 2. The first-order valence-corrected chi connectivity index (χ1v) is 11.4. The fourth-order valence-corrected chi connectivity index (χ4v) is 4.73. The van der Waals surface area contributed by atoms with Crippen LogP contribution in [0.2, 0.25) is 0 Å². The average Bonchev–Trinajstić information content (AvgIpc) is 3.33. The van der Waals surface area contributed by atoms with Crippen molar-refractivity contribution in [3.63, 3.8) is 0 Å². The maximum Gasteiger partial charge on any atom is 0.320 e. The van der Waals surface area contributed by atoms with Gasteiger partial charge in [0.2, 0.25) is 0 Å². The van der Waals surface area contributed by atoms with E-state index in [0.717, 1.165) is 42.4 Å². The summed E-state index contributed by atoms with van der Waals surface area (Å²) in [6, 6.07) is -0.269. The lowest BCUT2D eigenvalue weighted by Crippen LogP contribution is -2.35. The lowest BCUT2D eigenvalue weighted by molar-refractivity contribution is -0.156. The number of aldehydes is 1. The van der Waals surface area contributed by atoms with Gasteiger partial charge >= 0.3 is 5.97 Å². The molecular weight excluding hydrogens is 380 g/mol. The van der Waals surface area contributed by atoms with Crippen molar-refractivity contribution < 1.29 is 18.8 Å². The summed E-state index contributed by atoms with van der Waals surface area (Å²) in [5, 5.41) is 4.46. The smallest absolute Gasteiger partial charge is 0.320 e. The van der Waals surface area contributed by atoms with Crippen LogP contribution in [0.15, 0.2) is 4.52 Å². The van der Waals surface area contributed by atoms with Gasteiger partial charge in [0.25, 0.3) is 0 Å². The maximum absolute atomic E-state index is 12.3. The van der Waals surface area contributed by atoms with Crippen molar-refractivity contribution in [1.82, 2.24) is 10.1 Å². The van der Waals surface area contributed by atoms with Gasteiger partial charge in [-0.25, -0.2) is 0 Å². The molecule has 2 aliphatic carbocycles. The van der Waals surface area contributed by atoms with Gasteiger partial charge in [0.05, 0.1) is 12.6 Å². The van der Waals surface area contributed by atoms with Gasteiger partial charge in [0.15, 0.2) is 0 Å². The van der Waals surface area contributed by atoms with E-state index in [1.807, 2.05) is 32.7 Å². The van der Waals surface area contributed by atoms with E-state index < -0.39 is 5.60 Å². The zero-order valence-electron chi connectivity index (χ0n) is 19.4. The average molecular weight is 419 g/mol. The normalized spacial score (nSPS) is 22.8. The van der Waals surface area contributed by atoms with Crippen LogP contribution in [0.3, 0.4) is 0 Å². The summed E-state index contributed by atoms with van der Waals surface area (Å²) >= 11 is 0. The molecule has 2 aliphatic rings. The number of rotatable bonds is 10. The number of likely N-dealkylation sites (N-methyl/N-ethyl adjacent to an activating group) is 1. The molecule has 30 heavy (non-hydrogen) atoms. The molecule has 0 bridgehead atoms. The van der Waals surface area contributed by atoms with E-state index in [0.29, 0.717) is 11.8 Å². The number of ether oxygens (including phenoxy) is 1. The zero-order valence-corrected chi connectivity index (χ0v) is 19.4. The van der Waals surface area contributed by atoms with Crippen LogP contribution in [0.5, 0.6) is 0 Å². The minimum absolute atomic E-state index is 0.113. The van der Waals surface area contributed by atoms with Crippen LogP contribution in [-0.4, -0.2) is 41.5 Å². The summed E-state index contributed by atoms with van der Waals surface area (Å²) in [4.78, 5) is 25.7. The fraction of sp³-hybridized carbons (Fsp3) is 0.792. The Morgan fingerprint density at radius 1 is 1.27 bits per heavy atom. The van der Waals surface area contributed by atoms with Gasteiger partial charge in [0, 0.05) is 17.9 Å². The Morgan fingerprint density at radius 3 is 2.47 bits per heavy atom. The van der Waals surface area contributed by atoms with Crippen LogP contribution in [0.25, 0.3) is 0 Å². The third-order valence-electron chi connectivity index (χ3n) is 6.15. The van der Waals surface area contributed by atoms with Crippen molar-refractivity contribution in [2.45, 2.75) is 96.6 Å². The Kier molecular flexibility index (Phi) is 7.05. The maximum atomic E-state index is 12.3. The highest BCUT2D eigenvalue weighted by atomic mass is 16.6. The molecule has 6 nitrogen and oxygen atoms in total. The molecule has 2 fully saturated rings. The second-order valence-corrected chi connectivity index (χ2v) is 10.7. The molecule has 1 aromatic rings. The Hall–Kier alpha value is -1.69. The van der Waals surface area contributed by atoms with Crippen LogP contribution in [0.4, 0.5) is 0 Å². The molecule has 1 heterocycles. The van der Waals surface area contributed by atoms with Gasteiger partial charge in [-0.1, -0.05) is 19.0 Å². The van der Waals surface area contributed by atoms with E-state index >= 15 is 0 Å². The molecule has 0 aliphatic heterocycles. The third kappa shape index (κ3) is 5.71. The first-order chi connectivity index (χ1) is 14.1. The van der Waals surface area contributed by atoms with E-state index in [-0.39, 0.29) is 25.0 Å². The summed E-state index contributed by atoms with van der Waals surface area (Å²) in [5.74, 6) is 3.16. The standard InChI is InChI=1S/C24H38N2O4/c1-15(2)11-16-12-18(13-16)23-21(17-7-8-17)22(25-30-23)19(9-10-27)26(6)14-20(28)29-24(3,4)5/h10,15-19H,7-9,11-14H2,1-6H3. The Morgan fingerprint density at radius 2 is 1.93 bits per heavy atom. The lowest BCUT2D eigenvalue weighted by Gasteiger charge is -2.35. The highest BCUT2D eigenvalue weighted by molar-refractivity contribution is 5.72. The number of esters is 1. The number of hydrogen-bond donors (Lipinski definition) is 0. The van der Waals surface area contributed by atoms with Crippen molar-refractivity contribution >= 4 is 12.3 Å². The van der Waals surface area contributed by atoms with Crippen LogP contribution in [0, 0.1) is 11.8 Å². The number of nitrogens with zero attached hydrogens (tertiary/aromatic N) is 2. The molecule has 1 aromatic heterocycles. The summed E-state index contributed by atoms with van der Waals surface area (Å²) < 4.78 is 11.4. The molecule has 1 atom stereocenters. The minimum Gasteiger partial charge on any atom is -0.459 e. The van der Waals surface area contributed by atoms with Gasteiger partial charge in [-0.3, -0.25) is 9.69 Å². The lowest BCUT2D eigenvalue weighted by atomic mass is 9.69. The Labute approximate surface area is 180 Å². The molecule has 1 unspecified atom stereocenters. The first kappa shape index (κ1) is 23.0. The molecule has 0 spiro atoms. The topological polar surface area (TPSA) is 72.6 Å². The second kappa shape index (κ2) is 9.21. The highest BCUT2D eigenvalue weighted by Crippen LogP contribution is 2.52. The summed E-state index contributed by atoms with van der Waals surface area (Å²) in [7, 11) is 1.85. The molecule has 0 aromatic carbocycles.